The minimum absolute atomic E-state index is 0.0149. The maximum absolute atomic E-state index is 11.4. The second-order valence-corrected chi connectivity index (χ2v) is 5.72. The molecule has 1 N–H and O–H groups in total. The molecule has 0 aliphatic heterocycles. The van der Waals surface area contributed by atoms with Gasteiger partial charge in [-0.25, -0.2) is 4.98 Å². The van der Waals surface area contributed by atoms with Gasteiger partial charge in [-0.3, -0.25) is 4.79 Å². The minimum Gasteiger partial charge on any atom is -0.385 e. The fourth-order valence-corrected chi connectivity index (χ4v) is 2.74. The number of nitrogens with one attached hydrogen (secondary N) is 1. The fraction of sp³-hybridized carbons (Fsp3) is 0.286. The second kappa shape index (κ2) is 6.17. The van der Waals surface area contributed by atoms with Crippen molar-refractivity contribution in [3.05, 3.63) is 44.9 Å². The van der Waals surface area contributed by atoms with Crippen molar-refractivity contribution >= 4 is 34.4 Å². The highest BCUT2D eigenvalue weighted by atomic mass is 35.5. The van der Waals surface area contributed by atoms with Crippen molar-refractivity contribution < 1.29 is 4.79 Å². The van der Waals surface area contributed by atoms with E-state index >= 15 is 0 Å². The van der Waals surface area contributed by atoms with Crippen molar-refractivity contribution in [2.75, 3.05) is 11.9 Å². The predicted octanol–water partition coefficient (Wildman–Crippen LogP) is 3.96. The number of Topliss-reactive ketones (excluding diaryl/α,β-unsaturated/α-hetero) is 1. The fourth-order valence-electron chi connectivity index (χ4n) is 1.73. The standard InChI is InChI=1S/C14H15ClN2OS/c1-9-8-19-14(17-9)3-4-16-13-6-11(10(2)18)5-12(15)7-13/h5-8,16H,3-4H2,1-2H3. The van der Waals surface area contributed by atoms with Gasteiger partial charge in [-0.15, -0.1) is 11.3 Å². The molecule has 3 nitrogen and oxygen atoms in total. The number of hydrogen-bond acceptors (Lipinski definition) is 4. The number of thiazole rings is 1. The van der Waals surface area contributed by atoms with Crippen LogP contribution in [0.5, 0.6) is 0 Å². The third kappa shape index (κ3) is 4.04. The molecule has 0 unspecified atom stereocenters. The summed E-state index contributed by atoms with van der Waals surface area (Å²) in [4.78, 5) is 15.8. The van der Waals surface area contributed by atoms with Gasteiger partial charge < -0.3 is 5.32 Å². The number of hydrogen-bond donors (Lipinski definition) is 1. The van der Waals surface area contributed by atoms with E-state index in [2.05, 4.69) is 10.3 Å². The molecule has 0 radical (unpaired) electrons. The number of ketones is 1. The lowest BCUT2D eigenvalue weighted by Gasteiger charge is -2.07. The maximum atomic E-state index is 11.4. The summed E-state index contributed by atoms with van der Waals surface area (Å²) in [5.41, 5.74) is 2.55. The van der Waals surface area contributed by atoms with Crippen molar-refractivity contribution in [1.82, 2.24) is 4.98 Å². The summed E-state index contributed by atoms with van der Waals surface area (Å²) in [5.74, 6) is 0.0149. The monoisotopic (exact) mass is 294 g/mol. The number of aromatic nitrogens is 1. The molecule has 19 heavy (non-hydrogen) atoms. The molecule has 0 bridgehead atoms. The average Bonchev–Trinajstić information content (AvgIpc) is 2.74. The van der Waals surface area contributed by atoms with E-state index in [-0.39, 0.29) is 5.78 Å². The van der Waals surface area contributed by atoms with Gasteiger partial charge in [0.25, 0.3) is 0 Å². The number of halogens is 1. The average molecular weight is 295 g/mol. The van der Waals surface area contributed by atoms with E-state index < -0.39 is 0 Å². The van der Waals surface area contributed by atoms with Crippen LogP contribution < -0.4 is 5.32 Å². The molecule has 0 atom stereocenters. The lowest BCUT2D eigenvalue weighted by atomic mass is 10.1. The molecule has 2 aromatic rings. The summed E-state index contributed by atoms with van der Waals surface area (Å²) >= 11 is 7.66. The van der Waals surface area contributed by atoms with Gasteiger partial charge in [-0.2, -0.15) is 0 Å². The number of nitrogens with zero attached hydrogens (tertiary/aromatic N) is 1. The quantitative estimate of drug-likeness (QED) is 0.849. The van der Waals surface area contributed by atoms with E-state index in [1.54, 1.807) is 17.4 Å². The zero-order valence-electron chi connectivity index (χ0n) is 10.9. The van der Waals surface area contributed by atoms with Gasteiger partial charge >= 0.3 is 0 Å². The minimum atomic E-state index is 0.0149. The first-order chi connectivity index (χ1) is 9.04. The highest BCUT2D eigenvalue weighted by Crippen LogP contribution is 2.19. The van der Waals surface area contributed by atoms with Crippen molar-refractivity contribution in [3.63, 3.8) is 0 Å². The van der Waals surface area contributed by atoms with Crippen LogP contribution in [-0.4, -0.2) is 17.3 Å². The smallest absolute Gasteiger partial charge is 0.159 e. The molecule has 5 heteroatoms. The largest absolute Gasteiger partial charge is 0.385 e. The molecule has 1 aromatic carbocycles. The van der Waals surface area contributed by atoms with Gasteiger partial charge in [0, 0.05) is 40.3 Å². The maximum Gasteiger partial charge on any atom is 0.159 e. The Morgan fingerprint density at radius 3 is 2.84 bits per heavy atom. The normalized spacial score (nSPS) is 10.5. The van der Waals surface area contributed by atoms with Crippen LogP contribution in [0.1, 0.15) is 28.0 Å². The third-order valence-corrected chi connectivity index (χ3v) is 3.88. The summed E-state index contributed by atoms with van der Waals surface area (Å²) in [6, 6.07) is 5.32. The number of carbonyl (C=O) groups excluding carboxylic acids is 1. The van der Waals surface area contributed by atoms with E-state index in [4.69, 9.17) is 11.6 Å². The Hall–Kier alpha value is -1.39. The van der Waals surface area contributed by atoms with Gasteiger partial charge in [0.05, 0.1) is 5.01 Å². The van der Waals surface area contributed by atoms with Crippen LogP contribution in [0.15, 0.2) is 23.6 Å². The first-order valence-electron chi connectivity index (χ1n) is 6.01. The number of rotatable bonds is 5. The highest BCUT2D eigenvalue weighted by molar-refractivity contribution is 7.09. The molecule has 0 aliphatic carbocycles. The molecule has 0 saturated heterocycles. The summed E-state index contributed by atoms with van der Waals surface area (Å²) < 4.78 is 0. The number of aryl methyl sites for hydroxylation is 1. The second-order valence-electron chi connectivity index (χ2n) is 4.34. The van der Waals surface area contributed by atoms with E-state index in [1.807, 2.05) is 24.4 Å². The molecule has 0 spiro atoms. The van der Waals surface area contributed by atoms with Crippen molar-refractivity contribution in [3.8, 4) is 0 Å². The number of carbonyl (C=O) groups is 1. The van der Waals surface area contributed by atoms with E-state index in [1.165, 1.54) is 6.92 Å². The lowest BCUT2D eigenvalue weighted by molar-refractivity contribution is 0.101. The summed E-state index contributed by atoms with van der Waals surface area (Å²) in [5, 5.41) is 6.99. The molecule has 100 valence electrons. The summed E-state index contributed by atoms with van der Waals surface area (Å²) in [7, 11) is 0. The Labute approximate surface area is 121 Å². The predicted molar refractivity (Wildman–Crippen MR) is 80.5 cm³/mol. The summed E-state index contributed by atoms with van der Waals surface area (Å²) in [6.07, 6.45) is 0.862. The Bertz CT molecular complexity index is 595. The van der Waals surface area contributed by atoms with Crippen LogP contribution in [-0.2, 0) is 6.42 Å². The molecule has 0 amide bonds. The molecule has 2 rings (SSSR count). The molecular formula is C14H15ClN2OS. The van der Waals surface area contributed by atoms with Crippen LogP contribution in [0.25, 0.3) is 0 Å². The Morgan fingerprint density at radius 1 is 1.42 bits per heavy atom. The first kappa shape index (κ1) is 14.0. The van der Waals surface area contributed by atoms with Gasteiger partial charge in [-0.05, 0) is 32.0 Å². The molecule has 1 heterocycles. The molecule has 0 fully saturated rings. The Kier molecular flexibility index (Phi) is 4.56. The zero-order valence-corrected chi connectivity index (χ0v) is 12.4. The lowest BCUT2D eigenvalue weighted by Crippen LogP contribution is -2.05. The molecule has 1 aromatic heterocycles. The van der Waals surface area contributed by atoms with Gasteiger partial charge in [0.1, 0.15) is 0 Å². The third-order valence-electron chi connectivity index (χ3n) is 2.64. The van der Waals surface area contributed by atoms with Gasteiger partial charge in [-0.1, -0.05) is 11.6 Å². The van der Waals surface area contributed by atoms with E-state index in [0.717, 1.165) is 29.4 Å². The number of anilines is 1. The van der Waals surface area contributed by atoms with Crippen molar-refractivity contribution in [2.45, 2.75) is 20.3 Å². The molecular weight excluding hydrogens is 280 g/mol. The van der Waals surface area contributed by atoms with Crippen LogP contribution in [0.3, 0.4) is 0 Å². The number of benzene rings is 1. The highest BCUT2D eigenvalue weighted by Gasteiger charge is 2.04. The zero-order chi connectivity index (χ0) is 13.8. The molecule has 0 aliphatic rings. The van der Waals surface area contributed by atoms with Crippen molar-refractivity contribution in [1.29, 1.82) is 0 Å². The van der Waals surface area contributed by atoms with E-state index in [9.17, 15) is 4.79 Å². The van der Waals surface area contributed by atoms with Gasteiger partial charge in [0.15, 0.2) is 5.78 Å². The Balaban J connectivity index is 1.97. The van der Waals surface area contributed by atoms with Gasteiger partial charge in [0.2, 0.25) is 0 Å². The van der Waals surface area contributed by atoms with Crippen LogP contribution in [0, 0.1) is 6.92 Å². The first-order valence-corrected chi connectivity index (χ1v) is 7.27. The SMILES string of the molecule is CC(=O)c1cc(Cl)cc(NCCc2nc(C)cs2)c1. The van der Waals surface area contributed by atoms with Crippen molar-refractivity contribution in [2.24, 2.45) is 0 Å². The summed E-state index contributed by atoms with van der Waals surface area (Å²) in [6.45, 7) is 4.29. The molecule has 0 saturated carbocycles. The topological polar surface area (TPSA) is 42.0 Å². The van der Waals surface area contributed by atoms with Crippen LogP contribution in [0.4, 0.5) is 5.69 Å². The van der Waals surface area contributed by atoms with E-state index in [0.29, 0.717) is 10.6 Å². The van der Waals surface area contributed by atoms with Crippen LogP contribution in [0.2, 0.25) is 5.02 Å². The Morgan fingerprint density at radius 2 is 2.21 bits per heavy atom. The van der Waals surface area contributed by atoms with Crippen LogP contribution >= 0.6 is 22.9 Å².